The smallest absolute Gasteiger partial charge is 0.330 e. The molecule has 49 heavy (non-hydrogen) atoms. The number of hydrogen-bond donors (Lipinski definition) is 1. The zero-order chi connectivity index (χ0) is 34.7. The highest BCUT2D eigenvalue weighted by molar-refractivity contribution is 7.16. The number of carbonyl (C=O) groups excluding carboxylic acids is 1. The van der Waals surface area contributed by atoms with Crippen LogP contribution in [-0.4, -0.2) is 91.9 Å². The number of rotatable bonds is 11. The second-order valence-electron chi connectivity index (χ2n) is 13.2. The van der Waals surface area contributed by atoms with Crippen LogP contribution < -0.4 is 15.4 Å². The Balaban J connectivity index is 1.06. The fraction of sp³-hybridized carbons (Fsp3) is 0.576. The molecule has 2 N–H and O–H groups in total. The topological polar surface area (TPSA) is 187 Å². The van der Waals surface area contributed by atoms with Crippen LogP contribution >= 0.6 is 11.3 Å². The van der Waals surface area contributed by atoms with Gasteiger partial charge in [-0.2, -0.15) is 10.2 Å². The number of nitrogen functional groups attached to an aromatic ring is 1. The average Bonchev–Trinajstić information content (AvgIpc) is 3.81. The molecule has 0 amide bonds. The van der Waals surface area contributed by atoms with E-state index in [1.807, 2.05) is 13.8 Å². The minimum atomic E-state index is -0.596. The SMILES string of the molecule is COC(=O)C(C(C)C)n1cc(OCCCN2CCCN(c3nccc(-c4noc([C@@]5(C)CCCc6sc(N)c(C#N)c65)n4)n3)[C@@H](C)C2)nn1. The highest BCUT2D eigenvalue weighted by Crippen LogP contribution is 2.48. The predicted octanol–water partition coefficient (Wildman–Crippen LogP) is 4.02. The molecule has 1 saturated heterocycles. The fourth-order valence-electron chi connectivity index (χ4n) is 6.95. The van der Waals surface area contributed by atoms with Gasteiger partial charge in [-0.05, 0) is 64.5 Å². The Hall–Kier alpha value is -4.62. The molecule has 1 aliphatic heterocycles. The molecule has 1 fully saturated rings. The second-order valence-corrected chi connectivity index (χ2v) is 14.4. The predicted molar refractivity (Wildman–Crippen MR) is 182 cm³/mol. The normalized spacial score (nSPS) is 20.4. The summed E-state index contributed by atoms with van der Waals surface area (Å²) in [5.74, 6) is 1.50. The molecule has 0 bridgehead atoms. The Morgan fingerprint density at radius 2 is 2.12 bits per heavy atom. The lowest BCUT2D eigenvalue weighted by molar-refractivity contribution is -0.146. The van der Waals surface area contributed by atoms with Gasteiger partial charge in [-0.1, -0.05) is 29.3 Å². The quantitative estimate of drug-likeness (QED) is 0.176. The monoisotopic (exact) mass is 689 g/mol. The second kappa shape index (κ2) is 14.5. The molecule has 4 aromatic rings. The van der Waals surface area contributed by atoms with Crippen molar-refractivity contribution in [2.24, 2.45) is 5.92 Å². The van der Waals surface area contributed by atoms with Gasteiger partial charge in [-0.15, -0.1) is 11.3 Å². The van der Waals surface area contributed by atoms with Gasteiger partial charge in [0.25, 0.3) is 5.88 Å². The first-order valence-electron chi connectivity index (χ1n) is 16.7. The number of nitrogens with zero attached hydrogens (tertiary/aromatic N) is 10. The van der Waals surface area contributed by atoms with Crippen LogP contribution in [0.3, 0.4) is 0 Å². The van der Waals surface area contributed by atoms with Crippen LogP contribution in [-0.2, 0) is 21.4 Å². The van der Waals surface area contributed by atoms with Crippen LogP contribution in [0.25, 0.3) is 11.5 Å². The molecule has 0 saturated carbocycles. The van der Waals surface area contributed by atoms with Crippen molar-refractivity contribution in [3.8, 4) is 23.5 Å². The molecule has 0 spiro atoms. The summed E-state index contributed by atoms with van der Waals surface area (Å²) in [6.07, 6.45) is 7.76. The van der Waals surface area contributed by atoms with Gasteiger partial charge in [0, 0.05) is 42.3 Å². The van der Waals surface area contributed by atoms with Gasteiger partial charge in [-0.25, -0.2) is 19.4 Å². The first kappa shape index (κ1) is 34.3. The maximum Gasteiger partial charge on any atom is 0.330 e. The maximum atomic E-state index is 12.2. The number of nitrogens with two attached hydrogens (primary N) is 1. The Kier molecular flexibility index (Phi) is 10.1. The van der Waals surface area contributed by atoms with E-state index in [1.165, 1.54) is 23.1 Å². The van der Waals surface area contributed by atoms with Crippen molar-refractivity contribution in [3.05, 3.63) is 40.4 Å². The van der Waals surface area contributed by atoms with Crippen LogP contribution in [0, 0.1) is 17.2 Å². The summed E-state index contributed by atoms with van der Waals surface area (Å²) < 4.78 is 18.1. The van der Waals surface area contributed by atoms with E-state index in [-0.39, 0.29) is 17.9 Å². The van der Waals surface area contributed by atoms with Crippen molar-refractivity contribution in [2.45, 2.75) is 77.3 Å². The van der Waals surface area contributed by atoms with E-state index in [9.17, 15) is 10.1 Å². The molecular weight excluding hydrogens is 647 g/mol. The van der Waals surface area contributed by atoms with Crippen LogP contribution in [0.5, 0.6) is 5.88 Å². The summed E-state index contributed by atoms with van der Waals surface area (Å²) >= 11 is 1.48. The zero-order valence-corrected chi connectivity index (χ0v) is 29.4. The third-order valence-corrected chi connectivity index (χ3v) is 10.5. The summed E-state index contributed by atoms with van der Waals surface area (Å²) in [6.45, 7) is 12.0. The summed E-state index contributed by atoms with van der Waals surface area (Å²) in [5.41, 5.74) is 7.63. The van der Waals surface area contributed by atoms with Gasteiger partial charge >= 0.3 is 5.97 Å². The number of esters is 1. The lowest BCUT2D eigenvalue weighted by atomic mass is 9.72. The summed E-state index contributed by atoms with van der Waals surface area (Å²) in [6, 6.07) is 3.70. The van der Waals surface area contributed by atoms with Crippen molar-refractivity contribution in [3.63, 3.8) is 0 Å². The molecular formula is C33H43N11O4S. The van der Waals surface area contributed by atoms with E-state index in [4.69, 9.17) is 29.7 Å². The maximum absolute atomic E-state index is 12.2. The highest BCUT2D eigenvalue weighted by Gasteiger charge is 2.43. The van der Waals surface area contributed by atoms with Crippen molar-refractivity contribution < 1.29 is 18.8 Å². The fourth-order valence-corrected chi connectivity index (χ4v) is 8.15. The van der Waals surface area contributed by atoms with Gasteiger partial charge in [0.05, 0.1) is 30.9 Å². The molecule has 1 aliphatic carbocycles. The molecule has 5 heterocycles. The Labute approximate surface area is 289 Å². The first-order chi connectivity index (χ1) is 23.6. The van der Waals surface area contributed by atoms with Gasteiger partial charge in [0.2, 0.25) is 17.7 Å². The van der Waals surface area contributed by atoms with Crippen molar-refractivity contribution >= 4 is 28.3 Å². The lowest BCUT2D eigenvalue weighted by Gasteiger charge is -2.30. The van der Waals surface area contributed by atoms with E-state index < -0.39 is 11.5 Å². The number of aryl methyl sites for hydroxylation is 1. The lowest BCUT2D eigenvalue weighted by Crippen LogP contribution is -2.40. The number of thiophene rings is 1. The summed E-state index contributed by atoms with van der Waals surface area (Å²) in [5, 5.41) is 22.9. The molecule has 15 nitrogen and oxygen atoms in total. The molecule has 0 aromatic carbocycles. The summed E-state index contributed by atoms with van der Waals surface area (Å²) in [4.78, 5) is 32.3. The zero-order valence-electron chi connectivity index (χ0n) is 28.6. The van der Waals surface area contributed by atoms with Crippen LogP contribution in [0.1, 0.15) is 81.3 Å². The van der Waals surface area contributed by atoms with Crippen LogP contribution in [0.15, 0.2) is 23.0 Å². The van der Waals surface area contributed by atoms with Crippen LogP contribution in [0.4, 0.5) is 10.9 Å². The van der Waals surface area contributed by atoms with E-state index in [2.05, 4.69) is 50.2 Å². The number of fused-ring (bicyclic) bond motifs is 1. The van der Waals surface area contributed by atoms with E-state index in [0.29, 0.717) is 46.4 Å². The molecule has 16 heteroatoms. The minimum absolute atomic E-state index is 0.00298. The van der Waals surface area contributed by atoms with Gasteiger partial charge in [0.1, 0.15) is 16.8 Å². The minimum Gasteiger partial charge on any atom is -0.475 e. The van der Waals surface area contributed by atoms with E-state index in [0.717, 1.165) is 68.7 Å². The Bertz CT molecular complexity index is 1810. The van der Waals surface area contributed by atoms with E-state index in [1.54, 1.807) is 18.5 Å². The van der Waals surface area contributed by atoms with Crippen molar-refractivity contribution in [1.82, 2.24) is 40.0 Å². The molecule has 260 valence electrons. The van der Waals surface area contributed by atoms with Gasteiger partial charge < -0.3 is 29.5 Å². The highest BCUT2D eigenvalue weighted by atomic mass is 32.1. The first-order valence-corrected chi connectivity index (χ1v) is 17.5. The number of hydrogen-bond acceptors (Lipinski definition) is 15. The van der Waals surface area contributed by atoms with Gasteiger partial charge in [0.15, 0.2) is 6.04 Å². The molecule has 2 aliphatic rings. The molecule has 1 unspecified atom stereocenters. The number of aromatic nitrogens is 7. The van der Waals surface area contributed by atoms with Crippen LogP contribution in [0.2, 0.25) is 0 Å². The molecule has 0 radical (unpaired) electrons. The number of carbonyl (C=O) groups is 1. The van der Waals surface area contributed by atoms with E-state index >= 15 is 0 Å². The van der Waals surface area contributed by atoms with Gasteiger partial charge in [-0.3, -0.25) is 0 Å². The standard InChI is InChI=1S/C33H43N11O4S/c1-20(2)27(30(45)46-5)44-19-25(39-41-44)47-16-8-14-42-13-7-15-43(21(3)18-42)32-36-12-10-23(37-32)29-38-31(48-40-29)33(4)11-6-9-24-26(33)22(17-34)28(35)49-24/h10,12,19-21,27H,6-9,11,13-16,18,35H2,1-5H3/t21-,27?,33-/m0/s1. The number of nitriles is 1. The third-order valence-electron chi connectivity index (χ3n) is 9.42. The largest absolute Gasteiger partial charge is 0.475 e. The third kappa shape index (κ3) is 6.95. The molecule has 6 rings (SSSR count). The molecule has 3 atom stereocenters. The Morgan fingerprint density at radius 1 is 1.29 bits per heavy atom. The number of anilines is 2. The van der Waals surface area contributed by atoms with Crippen molar-refractivity contribution in [2.75, 3.05) is 50.5 Å². The molecule has 4 aromatic heterocycles. The van der Waals surface area contributed by atoms with Crippen molar-refractivity contribution in [1.29, 1.82) is 5.26 Å². The summed E-state index contributed by atoms with van der Waals surface area (Å²) in [7, 11) is 1.37. The number of methoxy groups -OCH3 is 1. The average molecular weight is 690 g/mol. The Morgan fingerprint density at radius 3 is 2.90 bits per heavy atom. The number of ether oxygens (including phenoxy) is 2.